The van der Waals surface area contributed by atoms with Crippen molar-refractivity contribution in [2.24, 2.45) is 0 Å². The summed E-state index contributed by atoms with van der Waals surface area (Å²) in [6.07, 6.45) is 10.7. The summed E-state index contributed by atoms with van der Waals surface area (Å²) in [7, 11) is 0. The maximum Gasteiger partial charge on any atom is 0.231 e. The van der Waals surface area contributed by atoms with E-state index in [0.717, 1.165) is 5.75 Å². The summed E-state index contributed by atoms with van der Waals surface area (Å²) in [6.45, 7) is 2.25. The molecule has 0 rings (SSSR count). The summed E-state index contributed by atoms with van der Waals surface area (Å²) in [5, 5.41) is -0.223. The average Bonchev–Trinajstić information content (AvgIpc) is 2.20. The standard InChI is InChI=1S/C12H23ClOS/c1-2-3-4-5-6-7-8-9-10-15-11-12(13)14/h2-11H2,1H3. The lowest BCUT2D eigenvalue weighted by atomic mass is 10.1. The van der Waals surface area contributed by atoms with Crippen LogP contribution in [-0.4, -0.2) is 16.7 Å². The summed E-state index contributed by atoms with van der Waals surface area (Å²) in [4.78, 5) is 10.4. The number of hydrogen-bond donors (Lipinski definition) is 0. The van der Waals surface area contributed by atoms with Crippen LogP contribution in [0.15, 0.2) is 0 Å². The maximum atomic E-state index is 10.4. The molecule has 0 aliphatic rings. The molecule has 0 radical (unpaired) electrons. The van der Waals surface area contributed by atoms with E-state index in [1.54, 1.807) is 11.8 Å². The molecule has 0 fully saturated rings. The zero-order valence-corrected chi connectivity index (χ0v) is 11.3. The van der Waals surface area contributed by atoms with Crippen LogP contribution >= 0.6 is 23.4 Å². The van der Waals surface area contributed by atoms with Gasteiger partial charge in [0.15, 0.2) is 0 Å². The first kappa shape index (κ1) is 15.3. The van der Waals surface area contributed by atoms with Crippen LogP contribution in [-0.2, 0) is 4.79 Å². The molecule has 0 saturated heterocycles. The van der Waals surface area contributed by atoms with Crippen molar-refractivity contribution in [3.63, 3.8) is 0 Å². The van der Waals surface area contributed by atoms with Crippen molar-refractivity contribution >= 4 is 28.6 Å². The minimum Gasteiger partial charge on any atom is -0.280 e. The minimum atomic E-state index is -0.223. The summed E-state index contributed by atoms with van der Waals surface area (Å²) < 4.78 is 0. The lowest BCUT2D eigenvalue weighted by Gasteiger charge is -2.01. The van der Waals surface area contributed by atoms with Gasteiger partial charge in [0.25, 0.3) is 0 Å². The Balaban J connectivity index is 2.89. The molecule has 0 aromatic carbocycles. The van der Waals surface area contributed by atoms with Crippen LogP contribution in [0.1, 0.15) is 58.3 Å². The first-order chi connectivity index (χ1) is 7.27. The van der Waals surface area contributed by atoms with Crippen molar-refractivity contribution in [3.8, 4) is 0 Å². The highest BCUT2D eigenvalue weighted by molar-refractivity contribution is 8.00. The third-order valence-electron chi connectivity index (χ3n) is 2.36. The van der Waals surface area contributed by atoms with Gasteiger partial charge in [0, 0.05) is 0 Å². The highest BCUT2D eigenvalue weighted by Crippen LogP contribution is 2.11. The average molecular weight is 251 g/mol. The smallest absolute Gasteiger partial charge is 0.231 e. The number of unbranched alkanes of at least 4 members (excludes halogenated alkanes) is 7. The molecule has 0 aromatic heterocycles. The molecule has 90 valence electrons. The molecule has 0 spiro atoms. The topological polar surface area (TPSA) is 17.1 Å². The Morgan fingerprint density at radius 3 is 2.07 bits per heavy atom. The molecular weight excluding hydrogens is 228 g/mol. The predicted molar refractivity (Wildman–Crippen MR) is 70.8 cm³/mol. The fourth-order valence-corrected chi connectivity index (χ4v) is 2.43. The van der Waals surface area contributed by atoms with Gasteiger partial charge in [0.2, 0.25) is 5.24 Å². The molecule has 0 saturated carbocycles. The molecule has 0 aromatic rings. The third-order valence-corrected chi connectivity index (χ3v) is 3.69. The molecule has 15 heavy (non-hydrogen) atoms. The second-order valence-corrected chi connectivity index (χ2v) is 5.41. The summed E-state index contributed by atoms with van der Waals surface area (Å²) in [6, 6.07) is 0. The molecule has 1 nitrogen and oxygen atoms in total. The Kier molecular flexibility index (Phi) is 12.6. The van der Waals surface area contributed by atoms with Gasteiger partial charge in [-0.1, -0.05) is 51.9 Å². The van der Waals surface area contributed by atoms with E-state index in [1.165, 1.54) is 51.4 Å². The zero-order valence-electron chi connectivity index (χ0n) is 9.77. The van der Waals surface area contributed by atoms with Gasteiger partial charge < -0.3 is 0 Å². The number of hydrogen-bond acceptors (Lipinski definition) is 2. The Morgan fingerprint density at radius 1 is 1.00 bits per heavy atom. The molecular formula is C12H23ClOS. The van der Waals surface area contributed by atoms with Crippen LogP contribution in [0.3, 0.4) is 0 Å². The maximum absolute atomic E-state index is 10.4. The predicted octanol–water partition coefficient (Wildman–Crippen LogP) is 4.63. The molecule has 0 bridgehead atoms. The van der Waals surface area contributed by atoms with E-state index in [2.05, 4.69) is 6.92 Å². The van der Waals surface area contributed by atoms with Crippen molar-refractivity contribution in [1.29, 1.82) is 0 Å². The van der Waals surface area contributed by atoms with Crippen molar-refractivity contribution in [2.45, 2.75) is 58.3 Å². The number of halogens is 1. The van der Waals surface area contributed by atoms with Crippen molar-refractivity contribution in [1.82, 2.24) is 0 Å². The Labute approximate surface area is 103 Å². The lowest BCUT2D eigenvalue weighted by molar-refractivity contribution is -0.109. The minimum absolute atomic E-state index is 0.223. The van der Waals surface area contributed by atoms with E-state index >= 15 is 0 Å². The highest BCUT2D eigenvalue weighted by Gasteiger charge is 1.96. The van der Waals surface area contributed by atoms with E-state index in [1.807, 2.05) is 0 Å². The molecule has 0 heterocycles. The van der Waals surface area contributed by atoms with Crippen molar-refractivity contribution < 1.29 is 4.79 Å². The van der Waals surface area contributed by atoms with Gasteiger partial charge in [-0.15, -0.1) is 0 Å². The second kappa shape index (κ2) is 12.4. The summed E-state index contributed by atoms with van der Waals surface area (Å²) in [5.41, 5.74) is 0. The van der Waals surface area contributed by atoms with E-state index in [-0.39, 0.29) is 5.24 Å². The summed E-state index contributed by atoms with van der Waals surface area (Å²) >= 11 is 6.88. The van der Waals surface area contributed by atoms with Crippen LogP contribution in [0.2, 0.25) is 0 Å². The van der Waals surface area contributed by atoms with E-state index < -0.39 is 0 Å². The van der Waals surface area contributed by atoms with Gasteiger partial charge in [-0.05, 0) is 23.8 Å². The van der Waals surface area contributed by atoms with Crippen molar-refractivity contribution in [2.75, 3.05) is 11.5 Å². The Bertz CT molecular complexity index is 151. The van der Waals surface area contributed by atoms with Gasteiger partial charge in [-0.2, -0.15) is 11.8 Å². The largest absolute Gasteiger partial charge is 0.280 e. The van der Waals surface area contributed by atoms with Gasteiger partial charge in [0.1, 0.15) is 0 Å². The monoisotopic (exact) mass is 250 g/mol. The van der Waals surface area contributed by atoms with Crippen LogP contribution in [0, 0.1) is 0 Å². The van der Waals surface area contributed by atoms with E-state index in [9.17, 15) is 4.79 Å². The number of carbonyl (C=O) groups is 1. The van der Waals surface area contributed by atoms with Crippen LogP contribution in [0.25, 0.3) is 0 Å². The van der Waals surface area contributed by atoms with Crippen LogP contribution in [0.4, 0.5) is 0 Å². The van der Waals surface area contributed by atoms with Gasteiger partial charge in [-0.3, -0.25) is 4.79 Å². The molecule has 0 aliphatic heterocycles. The van der Waals surface area contributed by atoms with Crippen LogP contribution < -0.4 is 0 Å². The SMILES string of the molecule is CCCCCCCCCCSCC(=O)Cl. The zero-order chi connectivity index (χ0) is 11.4. The fourth-order valence-electron chi connectivity index (χ4n) is 1.49. The highest BCUT2D eigenvalue weighted by atomic mass is 35.5. The number of thioether (sulfide) groups is 1. The summed E-state index contributed by atoms with van der Waals surface area (Å²) in [5.74, 6) is 1.55. The van der Waals surface area contributed by atoms with Gasteiger partial charge in [0.05, 0.1) is 5.75 Å². The van der Waals surface area contributed by atoms with Crippen molar-refractivity contribution in [3.05, 3.63) is 0 Å². The Morgan fingerprint density at radius 2 is 1.53 bits per heavy atom. The molecule has 0 unspecified atom stereocenters. The first-order valence-electron chi connectivity index (χ1n) is 6.03. The number of carbonyl (C=O) groups excluding carboxylic acids is 1. The molecule has 0 N–H and O–H groups in total. The van der Waals surface area contributed by atoms with E-state index in [0.29, 0.717) is 5.75 Å². The molecule has 3 heteroatoms. The third kappa shape index (κ3) is 14.3. The molecule has 0 atom stereocenters. The normalized spacial score (nSPS) is 10.5. The second-order valence-electron chi connectivity index (χ2n) is 3.88. The first-order valence-corrected chi connectivity index (χ1v) is 7.56. The van der Waals surface area contributed by atoms with E-state index in [4.69, 9.17) is 11.6 Å². The van der Waals surface area contributed by atoms with Crippen LogP contribution in [0.5, 0.6) is 0 Å². The lowest BCUT2D eigenvalue weighted by Crippen LogP contribution is -1.91. The number of rotatable bonds is 11. The Hall–Kier alpha value is 0.310. The molecule has 0 aliphatic carbocycles. The van der Waals surface area contributed by atoms with Gasteiger partial charge in [-0.25, -0.2) is 0 Å². The fraction of sp³-hybridized carbons (Fsp3) is 0.917. The van der Waals surface area contributed by atoms with Gasteiger partial charge >= 0.3 is 0 Å². The quantitative estimate of drug-likeness (QED) is 0.393. The molecule has 0 amide bonds.